The molecule has 3 aliphatic rings. The third-order valence-electron chi connectivity index (χ3n) is 15.3. The molecule has 1 nitrogen and oxygen atoms in total. The van der Waals surface area contributed by atoms with Gasteiger partial charge >= 0.3 is 0 Å². The Labute approximate surface area is 384 Å². The second-order valence-corrected chi connectivity index (χ2v) is 19.4. The molecule has 0 aliphatic heterocycles. The molecule has 12 rings (SSSR count). The van der Waals surface area contributed by atoms with Gasteiger partial charge in [-0.1, -0.05) is 210 Å². The molecule has 1 atom stereocenters. The Balaban J connectivity index is 1.11. The van der Waals surface area contributed by atoms with Gasteiger partial charge in [0.05, 0.1) is 11.4 Å². The number of rotatable bonds is 7. The molecule has 0 aromatic heterocycles. The minimum atomic E-state index is -0.136. The summed E-state index contributed by atoms with van der Waals surface area (Å²) in [7, 11) is 0. The first kappa shape index (κ1) is 39.6. The van der Waals surface area contributed by atoms with E-state index < -0.39 is 0 Å². The van der Waals surface area contributed by atoms with Crippen LogP contribution < -0.4 is 4.90 Å². The monoisotopic (exact) mass is 837 g/mol. The van der Waals surface area contributed by atoms with Crippen molar-refractivity contribution in [2.75, 3.05) is 4.90 Å². The molecule has 1 fully saturated rings. The maximum absolute atomic E-state index is 2.57. The predicted octanol–water partition coefficient (Wildman–Crippen LogP) is 18.3. The van der Waals surface area contributed by atoms with Gasteiger partial charge in [-0.15, -0.1) is 0 Å². The van der Waals surface area contributed by atoms with E-state index in [1.807, 2.05) is 0 Å². The van der Waals surface area contributed by atoms with Crippen LogP contribution in [0.2, 0.25) is 0 Å². The summed E-state index contributed by atoms with van der Waals surface area (Å²) in [6.07, 6.45) is 12.2. The average molecular weight is 838 g/mol. The number of hydrogen-bond acceptors (Lipinski definition) is 1. The van der Waals surface area contributed by atoms with Crippen molar-refractivity contribution in [2.24, 2.45) is 0 Å². The number of fused-ring (bicyclic) bond motifs is 7. The van der Waals surface area contributed by atoms with Crippen LogP contribution in [0.1, 0.15) is 98.9 Å². The van der Waals surface area contributed by atoms with Crippen molar-refractivity contribution in [2.45, 2.75) is 76.5 Å². The summed E-state index contributed by atoms with van der Waals surface area (Å²) in [5.41, 5.74) is 20.7. The molecule has 3 aliphatic carbocycles. The van der Waals surface area contributed by atoms with Crippen LogP contribution >= 0.6 is 0 Å². The molecule has 65 heavy (non-hydrogen) atoms. The Kier molecular flexibility index (Phi) is 9.71. The molecule has 0 bridgehead atoms. The van der Waals surface area contributed by atoms with Gasteiger partial charge in [0, 0.05) is 22.2 Å². The summed E-state index contributed by atoms with van der Waals surface area (Å²) in [5, 5.41) is 5.38. The average Bonchev–Trinajstić information content (AvgIpc) is 3.60. The molecule has 1 heteroatoms. The van der Waals surface area contributed by atoms with E-state index in [4.69, 9.17) is 0 Å². The third-order valence-corrected chi connectivity index (χ3v) is 15.3. The van der Waals surface area contributed by atoms with Gasteiger partial charge in [0.15, 0.2) is 0 Å². The zero-order valence-corrected chi connectivity index (χ0v) is 37.8. The van der Waals surface area contributed by atoms with Crippen molar-refractivity contribution < 1.29 is 0 Å². The van der Waals surface area contributed by atoms with Crippen LogP contribution in [0.5, 0.6) is 0 Å². The number of anilines is 3. The van der Waals surface area contributed by atoms with Crippen LogP contribution in [0.15, 0.2) is 188 Å². The first-order valence-electron chi connectivity index (χ1n) is 24.0. The van der Waals surface area contributed by atoms with Gasteiger partial charge in [-0.3, -0.25) is 0 Å². The molecule has 0 saturated heterocycles. The highest BCUT2D eigenvalue weighted by Crippen LogP contribution is 2.54. The van der Waals surface area contributed by atoms with Crippen molar-refractivity contribution in [1.29, 1.82) is 0 Å². The summed E-state index contributed by atoms with van der Waals surface area (Å²) < 4.78 is 0. The SMILES string of the molecule is CC1CC=Cc2ccc3c(-c4ccccc4N(c4cccc(-c5cccc6c5C(C)(C)c5ccccc5-6)c4)c4ccccc4-c4cccc5cccc(C6CCCCC6)c45)cccc3c21. The Hall–Kier alpha value is -6.96. The summed E-state index contributed by atoms with van der Waals surface area (Å²) >= 11 is 0. The highest BCUT2D eigenvalue weighted by molar-refractivity contribution is 6.07. The highest BCUT2D eigenvalue weighted by Gasteiger charge is 2.37. The lowest BCUT2D eigenvalue weighted by atomic mass is 9.79. The Morgan fingerprint density at radius 1 is 0.508 bits per heavy atom. The van der Waals surface area contributed by atoms with Crippen LogP contribution in [-0.2, 0) is 5.41 Å². The van der Waals surface area contributed by atoms with Gasteiger partial charge in [-0.05, 0) is 138 Å². The zero-order chi connectivity index (χ0) is 43.6. The zero-order valence-electron chi connectivity index (χ0n) is 37.8. The van der Waals surface area contributed by atoms with Crippen molar-refractivity contribution >= 4 is 44.7 Å². The van der Waals surface area contributed by atoms with Crippen LogP contribution in [0.3, 0.4) is 0 Å². The van der Waals surface area contributed by atoms with E-state index in [1.54, 1.807) is 0 Å². The molecule has 1 saturated carbocycles. The summed E-state index contributed by atoms with van der Waals surface area (Å²) in [6, 6.07) is 69.2. The van der Waals surface area contributed by atoms with E-state index in [9.17, 15) is 0 Å². The van der Waals surface area contributed by atoms with Gasteiger partial charge in [-0.2, -0.15) is 0 Å². The van der Waals surface area contributed by atoms with Gasteiger partial charge in [0.25, 0.3) is 0 Å². The van der Waals surface area contributed by atoms with Gasteiger partial charge < -0.3 is 4.90 Å². The van der Waals surface area contributed by atoms with Gasteiger partial charge in [-0.25, -0.2) is 0 Å². The molecule has 316 valence electrons. The topological polar surface area (TPSA) is 3.24 Å². The lowest BCUT2D eigenvalue weighted by molar-refractivity contribution is 0.445. The van der Waals surface area contributed by atoms with E-state index in [0.29, 0.717) is 11.8 Å². The highest BCUT2D eigenvalue weighted by atomic mass is 15.1. The number of para-hydroxylation sites is 2. The Bertz CT molecular complexity index is 3330. The third kappa shape index (κ3) is 6.50. The van der Waals surface area contributed by atoms with Crippen LogP contribution in [-0.4, -0.2) is 0 Å². The lowest BCUT2D eigenvalue weighted by Gasteiger charge is -2.31. The fourth-order valence-electron chi connectivity index (χ4n) is 12.3. The van der Waals surface area contributed by atoms with Crippen LogP contribution in [0.25, 0.3) is 72.1 Å². The minimum absolute atomic E-state index is 0.136. The quantitative estimate of drug-likeness (QED) is 0.155. The molecule has 0 N–H and O–H groups in total. The van der Waals surface area contributed by atoms with Crippen LogP contribution in [0, 0.1) is 0 Å². The second-order valence-electron chi connectivity index (χ2n) is 19.4. The Morgan fingerprint density at radius 2 is 1.14 bits per heavy atom. The molecular formula is C64H55N. The van der Waals surface area contributed by atoms with Crippen molar-refractivity contribution in [1.82, 2.24) is 0 Å². The normalized spacial score (nSPS) is 16.3. The molecular weight excluding hydrogens is 783 g/mol. The van der Waals surface area contributed by atoms with Gasteiger partial charge in [0.2, 0.25) is 0 Å². The molecule has 9 aromatic rings. The lowest BCUT2D eigenvalue weighted by Crippen LogP contribution is -2.16. The minimum Gasteiger partial charge on any atom is -0.309 e. The van der Waals surface area contributed by atoms with E-state index in [0.717, 1.165) is 17.8 Å². The molecule has 0 heterocycles. The van der Waals surface area contributed by atoms with E-state index in [2.05, 4.69) is 220 Å². The maximum Gasteiger partial charge on any atom is 0.0540 e. The number of allylic oxidation sites excluding steroid dienone is 1. The van der Waals surface area contributed by atoms with Gasteiger partial charge in [0.1, 0.15) is 0 Å². The summed E-state index contributed by atoms with van der Waals surface area (Å²) in [6.45, 7) is 7.17. The molecule has 0 spiro atoms. The predicted molar refractivity (Wildman–Crippen MR) is 278 cm³/mol. The number of hydrogen-bond donors (Lipinski definition) is 0. The molecule has 0 radical (unpaired) electrons. The smallest absolute Gasteiger partial charge is 0.0540 e. The van der Waals surface area contributed by atoms with Crippen molar-refractivity contribution in [3.63, 3.8) is 0 Å². The first-order chi connectivity index (χ1) is 32.0. The fourth-order valence-corrected chi connectivity index (χ4v) is 12.3. The molecule has 1 unspecified atom stereocenters. The first-order valence-corrected chi connectivity index (χ1v) is 24.0. The maximum atomic E-state index is 2.57. The second kappa shape index (κ2) is 15.9. The molecule has 9 aromatic carbocycles. The van der Waals surface area contributed by atoms with E-state index in [-0.39, 0.29) is 5.41 Å². The molecule has 0 amide bonds. The van der Waals surface area contributed by atoms with E-state index >= 15 is 0 Å². The largest absolute Gasteiger partial charge is 0.309 e. The van der Waals surface area contributed by atoms with Crippen LogP contribution in [0.4, 0.5) is 17.1 Å². The number of nitrogens with zero attached hydrogens (tertiary/aromatic N) is 1. The Morgan fingerprint density at radius 3 is 1.95 bits per heavy atom. The summed E-state index contributed by atoms with van der Waals surface area (Å²) in [5.74, 6) is 1.04. The van der Waals surface area contributed by atoms with E-state index in [1.165, 1.54) is 132 Å². The van der Waals surface area contributed by atoms with Crippen molar-refractivity contribution in [3.8, 4) is 44.5 Å². The fraction of sp³-hybridized carbons (Fsp3) is 0.188. The standard InChI is InChI=1S/C64H55N/c1-42-19-13-22-45-39-40-51-50(32-18-34-55(51)61(42)45)53-28-8-11-37-59(53)65(47-26-14-25-46(41-47)49-31-17-35-57-52-27-7-10-36-58(52)64(2,3)63(49)57)60-38-12-9-29-54(60)56-33-16-24-44-23-15-30-48(62(44)56)43-20-5-4-6-21-43/h7-18,22-43H,4-6,19-21H2,1-3H3. The summed E-state index contributed by atoms with van der Waals surface area (Å²) in [4.78, 5) is 2.57. The van der Waals surface area contributed by atoms with Crippen molar-refractivity contribution in [3.05, 3.63) is 216 Å². The number of benzene rings is 9.